The van der Waals surface area contributed by atoms with Gasteiger partial charge in [-0.15, -0.1) is 0 Å². The molecule has 100 valence electrons. The van der Waals surface area contributed by atoms with Gasteiger partial charge < -0.3 is 10.5 Å². The third-order valence-corrected chi connectivity index (χ3v) is 3.70. The zero-order valence-electron chi connectivity index (χ0n) is 11.2. The van der Waals surface area contributed by atoms with E-state index >= 15 is 0 Å². The Bertz CT molecular complexity index is 543. The molecular weight excluding hydrogens is 256 g/mol. The Hall–Kier alpha value is -1.52. The van der Waals surface area contributed by atoms with Crippen LogP contribution in [-0.4, -0.2) is 18.1 Å². The van der Waals surface area contributed by atoms with Crippen molar-refractivity contribution in [1.82, 2.24) is 4.98 Å². The van der Waals surface area contributed by atoms with Gasteiger partial charge in [0.1, 0.15) is 10.8 Å². The highest BCUT2D eigenvalue weighted by Crippen LogP contribution is 2.31. The Morgan fingerprint density at radius 2 is 2.16 bits per heavy atom. The van der Waals surface area contributed by atoms with E-state index in [1.54, 1.807) is 18.9 Å². The summed E-state index contributed by atoms with van der Waals surface area (Å²) in [7, 11) is 1.67. The van der Waals surface area contributed by atoms with Gasteiger partial charge >= 0.3 is 0 Å². The minimum Gasteiger partial charge on any atom is -0.497 e. The van der Waals surface area contributed by atoms with E-state index in [1.165, 1.54) is 5.56 Å². The van der Waals surface area contributed by atoms with Crippen molar-refractivity contribution in [1.29, 1.82) is 0 Å². The molecule has 1 heterocycles. The molecule has 0 aliphatic rings. The van der Waals surface area contributed by atoms with Crippen molar-refractivity contribution in [3.63, 3.8) is 0 Å². The van der Waals surface area contributed by atoms with E-state index in [4.69, 9.17) is 10.5 Å². The lowest BCUT2D eigenvalue weighted by atomic mass is 10.1. The third kappa shape index (κ3) is 3.98. The summed E-state index contributed by atoms with van der Waals surface area (Å²) < 4.78 is 5.23. The number of aromatic nitrogens is 1. The summed E-state index contributed by atoms with van der Waals surface area (Å²) >= 11 is 1.64. The average molecular weight is 274 g/mol. The van der Waals surface area contributed by atoms with Gasteiger partial charge in [-0.2, -0.15) is 0 Å². The standard InChI is InChI=1S/C15H18N2OS/c1-11(16)9-12-5-4-8-17-15(12)19-14-7-3-6-13(10-14)18-2/h3-8,10-11H,9,16H2,1-2H3. The topological polar surface area (TPSA) is 48.1 Å². The number of ether oxygens (including phenoxy) is 1. The van der Waals surface area contributed by atoms with Crippen LogP contribution in [0.25, 0.3) is 0 Å². The third-order valence-electron chi connectivity index (χ3n) is 2.65. The lowest BCUT2D eigenvalue weighted by molar-refractivity contribution is 0.413. The van der Waals surface area contributed by atoms with E-state index in [2.05, 4.69) is 17.1 Å². The first-order valence-electron chi connectivity index (χ1n) is 6.20. The smallest absolute Gasteiger partial charge is 0.119 e. The van der Waals surface area contributed by atoms with E-state index in [-0.39, 0.29) is 6.04 Å². The first-order valence-corrected chi connectivity index (χ1v) is 7.02. The fraction of sp³-hybridized carbons (Fsp3) is 0.267. The molecule has 2 N–H and O–H groups in total. The van der Waals surface area contributed by atoms with Crippen molar-refractivity contribution < 1.29 is 4.74 Å². The number of nitrogens with zero attached hydrogens (tertiary/aromatic N) is 1. The fourth-order valence-electron chi connectivity index (χ4n) is 1.79. The van der Waals surface area contributed by atoms with E-state index in [0.29, 0.717) is 0 Å². The van der Waals surface area contributed by atoms with Crippen LogP contribution >= 0.6 is 11.8 Å². The minimum atomic E-state index is 0.133. The second-order valence-electron chi connectivity index (χ2n) is 4.43. The normalized spacial score (nSPS) is 12.2. The molecule has 3 nitrogen and oxygen atoms in total. The average Bonchev–Trinajstić information content (AvgIpc) is 2.41. The summed E-state index contributed by atoms with van der Waals surface area (Å²) in [6.45, 7) is 2.01. The van der Waals surface area contributed by atoms with Gasteiger partial charge in [0.15, 0.2) is 0 Å². The molecule has 0 saturated heterocycles. The Labute approximate surface area is 118 Å². The number of methoxy groups -OCH3 is 1. The summed E-state index contributed by atoms with van der Waals surface area (Å²) in [5.41, 5.74) is 7.06. The van der Waals surface area contributed by atoms with Gasteiger partial charge in [-0.1, -0.05) is 23.9 Å². The molecule has 1 unspecified atom stereocenters. The highest BCUT2D eigenvalue weighted by Gasteiger charge is 2.08. The molecule has 0 fully saturated rings. The quantitative estimate of drug-likeness (QED) is 0.910. The SMILES string of the molecule is COc1cccc(Sc2ncccc2CC(C)N)c1. The molecule has 0 aliphatic carbocycles. The number of nitrogens with two attached hydrogens (primary N) is 1. The fourth-order valence-corrected chi connectivity index (χ4v) is 2.74. The second-order valence-corrected chi connectivity index (χ2v) is 5.49. The molecule has 2 aromatic rings. The predicted octanol–water partition coefficient (Wildman–Crippen LogP) is 3.13. The molecular formula is C15H18N2OS. The molecule has 1 atom stereocenters. The van der Waals surface area contributed by atoms with Crippen LogP contribution in [0.3, 0.4) is 0 Å². The molecule has 1 aromatic heterocycles. The lowest BCUT2D eigenvalue weighted by Crippen LogP contribution is -2.18. The molecule has 0 bridgehead atoms. The van der Waals surface area contributed by atoms with Gasteiger partial charge in [0.25, 0.3) is 0 Å². The van der Waals surface area contributed by atoms with Gasteiger partial charge in [-0.3, -0.25) is 0 Å². The Kier molecular flexibility index (Phi) is 4.82. The van der Waals surface area contributed by atoms with Crippen LogP contribution in [0.15, 0.2) is 52.5 Å². The van der Waals surface area contributed by atoms with E-state index in [0.717, 1.165) is 22.1 Å². The van der Waals surface area contributed by atoms with Crippen LogP contribution in [0.1, 0.15) is 12.5 Å². The Morgan fingerprint density at radius 3 is 2.89 bits per heavy atom. The summed E-state index contributed by atoms with van der Waals surface area (Å²) in [5, 5.41) is 1.01. The van der Waals surface area contributed by atoms with Crippen LogP contribution in [-0.2, 0) is 6.42 Å². The van der Waals surface area contributed by atoms with E-state index in [1.807, 2.05) is 37.4 Å². The van der Waals surface area contributed by atoms with Gasteiger partial charge in [-0.25, -0.2) is 4.98 Å². The monoisotopic (exact) mass is 274 g/mol. The van der Waals surface area contributed by atoms with Crippen molar-refractivity contribution >= 4 is 11.8 Å². The zero-order valence-corrected chi connectivity index (χ0v) is 12.0. The summed E-state index contributed by atoms with van der Waals surface area (Å²) in [6, 6.07) is 12.1. The number of hydrogen-bond donors (Lipinski definition) is 1. The van der Waals surface area contributed by atoms with Crippen molar-refractivity contribution in [3.05, 3.63) is 48.2 Å². The summed E-state index contributed by atoms with van der Waals surface area (Å²) in [5.74, 6) is 0.856. The number of rotatable bonds is 5. The molecule has 19 heavy (non-hydrogen) atoms. The Balaban J connectivity index is 2.22. The lowest BCUT2D eigenvalue weighted by Gasteiger charge is -2.10. The summed E-state index contributed by atoms with van der Waals surface area (Å²) in [4.78, 5) is 5.56. The maximum absolute atomic E-state index is 5.88. The maximum Gasteiger partial charge on any atom is 0.119 e. The van der Waals surface area contributed by atoms with Crippen LogP contribution in [0, 0.1) is 0 Å². The van der Waals surface area contributed by atoms with Crippen LogP contribution in [0.2, 0.25) is 0 Å². The first kappa shape index (κ1) is 13.9. The molecule has 0 aliphatic heterocycles. The van der Waals surface area contributed by atoms with E-state index in [9.17, 15) is 0 Å². The highest BCUT2D eigenvalue weighted by atomic mass is 32.2. The first-order chi connectivity index (χ1) is 9.19. The van der Waals surface area contributed by atoms with Crippen molar-refractivity contribution in [2.45, 2.75) is 29.3 Å². The largest absolute Gasteiger partial charge is 0.497 e. The highest BCUT2D eigenvalue weighted by molar-refractivity contribution is 7.99. The number of benzene rings is 1. The van der Waals surface area contributed by atoms with Crippen LogP contribution < -0.4 is 10.5 Å². The van der Waals surface area contributed by atoms with Crippen molar-refractivity contribution in [2.75, 3.05) is 7.11 Å². The zero-order chi connectivity index (χ0) is 13.7. The second kappa shape index (κ2) is 6.59. The molecule has 0 amide bonds. The summed E-state index contributed by atoms with van der Waals surface area (Å²) in [6.07, 6.45) is 2.65. The molecule has 2 rings (SSSR count). The molecule has 0 saturated carbocycles. The Morgan fingerprint density at radius 1 is 1.32 bits per heavy atom. The maximum atomic E-state index is 5.88. The number of pyridine rings is 1. The molecule has 0 radical (unpaired) electrons. The predicted molar refractivity (Wildman–Crippen MR) is 78.7 cm³/mol. The number of hydrogen-bond acceptors (Lipinski definition) is 4. The van der Waals surface area contributed by atoms with Crippen molar-refractivity contribution in [2.24, 2.45) is 5.73 Å². The minimum absolute atomic E-state index is 0.133. The van der Waals surface area contributed by atoms with Crippen LogP contribution in [0.5, 0.6) is 5.75 Å². The van der Waals surface area contributed by atoms with Gasteiger partial charge in [0.05, 0.1) is 7.11 Å². The van der Waals surface area contributed by atoms with Crippen LogP contribution in [0.4, 0.5) is 0 Å². The van der Waals surface area contributed by atoms with Crippen molar-refractivity contribution in [3.8, 4) is 5.75 Å². The molecule has 0 spiro atoms. The van der Waals surface area contributed by atoms with E-state index < -0.39 is 0 Å². The molecule has 1 aromatic carbocycles. The van der Waals surface area contributed by atoms with Gasteiger partial charge in [0, 0.05) is 17.1 Å². The molecule has 4 heteroatoms. The van der Waals surface area contributed by atoms with Gasteiger partial charge in [-0.05, 0) is 43.2 Å². The van der Waals surface area contributed by atoms with Gasteiger partial charge in [0.2, 0.25) is 0 Å².